The first-order chi connectivity index (χ1) is 11.8. The van der Waals surface area contributed by atoms with E-state index in [1.807, 2.05) is 61.5 Å². The SMILES string of the molecule is CC(C(=O)c1ccccc1)C(C)c1ccc(OCO[Si](C)(C)C)cc1. The van der Waals surface area contributed by atoms with E-state index in [1.54, 1.807) is 0 Å². The molecule has 4 heteroatoms. The lowest BCUT2D eigenvalue weighted by Crippen LogP contribution is -2.27. The van der Waals surface area contributed by atoms with Gasteiger partial charge in [-0.05, 0) is 43.3 Å². The zero-order valence-electron chi connectivity index (χ0n) is 15.8. The van der Waals surface area contributed by atoms with Crippen LogP contribution in [0.3, 0.4) is 0 Å². The van der Waals surface area contributed by atoms with E-state index in [-0.39, 0.29) is 24.4 Å². The van der Waals surface area contributed by atoms with E-state index in [0.29, 0.717) is 0 Å². The van der Waals surface area contributed by atoms with E-state index in [1.165, 1.54) is 0 Å². The Morgan fingerprint density at radius 3 is 2.12 bits per heavy atom. The van der Waals surface area contributed by atoms with Crippen LogP contribution < -0.4 is 4.74 Å². The molecule has 2 rings (SSSR count). The second-order valence-corrected chi connectivity index (χ2v) is 11.9. The van der Waals surface area contributed by atoms with Crippen molar-refractivity contribution in [1.82, 2.24) is 0 Å². The molecule has 0 bridgehead atoms. The Hall–Kier alpha value is -1.91. The van der Waals surface area contributed by atoms with Crippen LogP contribution in [0.1, 0.15) is 35.7 Å². The molecule has 0 fully saturated rings. The molecule has 0 aliphatic heterocycles. The van der Waals surface area contributed by atoms with Gasteiger partial charge in [-0.1, -0.05) is 56.3 Å². The molecule has 0 aromatic heterocycles. The summed E-state index contributed by atoms with van der Waals surface area (Å²) in [5.74, 6) is 1.03. The maximum atomic E-state index is 12.6. The predicted molar refractivity (Wildman–Crippen MR) is 105 cm³/mol. The maximum Gasteiger partial charge on any atom is 0.188 e. The van der Waals surface area contributed by atoms with Crippen molar-refractivity contribution in [3.05, 3.63) is 65.7 Å². The highest BCUT2D eigenvalue weighted by atomic mass is 28.4. The lowest BCUT2D eigenvalue weighted by Gasteiger charge is -2.20. The summed E-state index contributed by atoms with van der Waals surface area (Å²) in [5, 5.41) is 0. The fourth-order valence-corrected chi connectivity index (χ4v) is 2.94. The van der Waals surface area contributed by atoms with Crippen LogP contribution in [-0.4, -0.2) is 20.9 Å². The first kappa shape index (κ1) is 19.4. The normalized spacial score (nSPS) is 14.0. The van der Waals surface area contributed by atoms with Gasteiger partial charge in [0.15, 0.2) is 20.9 Å². The number of ether oxygens (including phenoxy) is 1. The fraction of sp³-hybridized carbons (Fsp3) is 0.381. The number of carbonyl (C=O) groups excluding carboxylic acids is 1. The van der Waals surface area contributed by atoms with Gasteiger partial charge in [-0.2, -0.15) is 0 Å². The molecule has 0 amide bonds. The molecular formula is C21H28O3Si. The minimum absolute atomic E-state index is 0.0793. The highest BCUT2D eigenvalue weighted by Gasteiger charge is 2.22. The van der Waals surface area contributed by atoms with Gasteiger partial charge in [-0.15, -0.1) is 0 Å². The monoisotopic (exact) mass is 356 g/mol. The van der Waals surface area contributed by atoms with Crippen LogP contribution in [0.25, 0.3) is 0 Å². The summed E-state index contributed by atoms with van der Waals surface area (Å²) in [5.41, 5.74) is 1.90. The molecule has 0 aliphatic carbocycles. The van der Waals surface area contributed by atoms with Crippen LogP contribution in [0.2, 0.25) is 19.6 Å². The molecule has 25 heavy (non-hydrogen) atoms. The Bertz CT molecular complexity index is 675. The van der Waals surface area contributed by atoms with Crippen LogP contribution in [0.15, 0.2) is 54.6 Å². The van der Waals surface area contributed by atoms with Crippen molar-refractivity contribution in [2.24, 2.45) is 5.92 Å². The van der Waals surface area contributed by atoms with Crippen molar-refractivity contribution in [3.8, 4) is 5.75 Å². The molecule has 2 aromatic rings. The summed E-state index contributed by atoms with van der Waals surface area (Å²) in [6.45, 7) is 10.8. The Labute approximate surface area is 152 Å². The van der Waals surface area contributed by atoms with E-state index >= 15 is 0 Å². The topological polar surface area (TPSA) is 35.5 Å². The molecule has 0 radical (unpaired) electrons. The lowest BCUT2D eigenvalue weighted by molar-refractivity contribution is 0.0915. The van der Waals surface area contributed by atoms with E-state index in [2.05, 4.69) is 26.6 Å². The number of hydrogen-bond donors (Lipinski definition) is 0. The molecule has 2 aromatic carbocycles. The summed E-state index contributed by atoms with van der Waals surface area (Å²) >= 11 is 0. The summed E-state index contributed by atoms with van der Waals surface area (Å²) in [7, 11) is -1.56. The maximum absolute atomic E-state index is 12.6. The minimum atomic E-state index is -1.56. The number of hydrogen-bond acceptors (Lipinski definition) is 3. The molecule has 2 atom stereocenters. The number of ketones is 1. The molecule has 134 valence electrons. The van der Waals surface area contributed by atoms with Gasteiger partial charge >= 0.3 is 0 Å². The molecule has 2 unspecified atom stereocenters. The molecule has 0 saturated carbocycles. The third-order valence-electron chi connectivity index (χ3n) is 4.35. The quantitative estimate of drug-likeness (QED) is 0.356. The van der Waals surface area contributed by atoms with Crippen LogP contribution in [-0.2, 0) is 4.43 Å². The second kappa shape index (κ2) is 8.45. The number of benzene rings is 2. The van der Waals surface area contributed by atoms with Gasteiger partial charge in [0.2, 0.25) is 0 Å². The fourth-order valence-electron chi connectivity index (χ4n) is 2.52. The average molecular weight is 357 g/mol. The van der Waals surface area contributed by atoms with Gasteiger partial charge in [-0.25, -0.2) is 0 Å². The van der Waals surface area contributed by atoms with Gasteiger partial charge < -0.3 is 9.16 Å². The number of carbonyl (C=O) groups is 1. The van der Waals surface area contributed by atoms with E-state index in [9.17, 15) is 4.79 Å². The molecule has 0 aliphatic rings. The first-order valence-electron chi connectivity index (χ1n) is 8.74. The van der Waals surface area contributed by atoms with Gasteiger partial charge in [0.25, 0.3) is 0 Å². The molecule has 0 N–H and O–H groups in total. The second-order valence-electron chi connectivity index (χ2n) is 7.40. The zero-order chi connectivity index (χ0) is 18.4. The van der Waals surface area contributed by atoms with Crippen LogP contribution >= 0.6 is 0 Å². The Morgan fingerprint density at radius 1 is 0.960 bits per heavy atom. The smallest absolute Gasteiger partial charge is 0.188 e. The Kier molecular flexibility index (Phi) is 6.56. The summed E-state index contributed by atoms with van der Waals surface area (Å²) in [4.78, 5) is 12.6. The minimum Gasteiger partial charge on any atom is -0.469 e. The van der Waals surface area contributed by atoms with Crippen molar-refractivity contribution in [2.75, 3.05) is 6.79 Å². The summed E-state index contributed by atoms with van der Waals surface area (Å²) in [6.07, 6.45) is 0. The van der Waals surface area contributed by atoms with E-state index in [4.69, 9.17) is 9.16 Å². The number of Topliss-reactive ketones (excluding diaryl/α,β-unsaturated/α-hetero) is 1. The molecule has 0 spiro atoms. The van der Waals surface area contributed by atoms with E-state index in [0.717, 1.165) is 16.9 Å². The highest BCUT2D eigenvalue weighted by Crippen LogP contribution is 2.28. The third-order valence-corrected chi connectivity index (χ3v) is 5.33. The van der Waals surface area contributed by atoms with Crippen molar-refractivity contribution < 1.29 is 14.0 Å². The largest absolute Gasteiger partial charge is 0.469 e. The van der Waals surface area contributed by atoms with E-state index < -0.39 is 8.32 Å². The van der Waals surface area contributed by atoms with Crippen LogP contribution in [0.4, 0.5) is 0 Å². The Morgan fingerprint density at radius 2 is 1.56 bits per heavy atom. The highest BCUT2D eigenvalue weighted by molar-refractivity contribution is 6.69. The predicted octanol–water partition coefficient (Wildman–Crippen LogP) is 5.50. The zero-order valence-corrected chi connectivity index (χ0v) is 16.8. The van der Waals surface area contributed by atoms with Crippen molar-refractivity contribution in [1.29, 1.82) is 0 Å². The van der Waals surface area contributed by atoms with Crippen LogP contribution in [0.5, 0.6) is 5.75 Å². The van der Waals surface area contributed by atoms with Crippen molar-refractivity contribution in [3.63, 3.8) is 0 Å². The van der Waals surface area contributed by atoms with Gasteiger partial charge in [0, 0.05) is 11.5 Å². The standard InChI is InChI=1S/C21H28O3Si/c1-16(17(2)21(22)19-9-7-6-8-10-19)18-11-13-20(14-12-18)23-15-24-25(3,4)5/h6-14,16-17H,15H2,1-5H3. The van der Waals surface area contributed by atoms with Gasteiger partial charge in [-0.3, -0.25) is 4.79 Å². The number of rotatable bonds is 8. The molecular weight excluding hydrogens is 328 g/mol. The first-order valence-corrected chi connectivity index (χ1v) is 12.1. The molecule has 0 saturated heterocycles. The Balaban J connectivity index is 1.97. The average Bonchev–Trinajstić information content (AvgIpc) is 2.60. The van der Waals surface area contributed by atoms with Gasteiger partial charge in [0.1, 0.15) is 5.75 Å². The van der Waals surface area contributed by atoms with Gasteiger partial charge in [0.05, 0.1) is 0 Å². The van der Waals surface area contributed by atoms with Crippen molar-refractivity contribution >= 4 is 14.1 Å². The van der Waals surface area contributed by atoms with Crippen LogP contribution in [0, 0.1) is 5.92 Å². The third kappa shape index (κ3) is 5.83. The summed E-state index contributed by atoms with van der Waals surface area (Å²) in [6, 6.07) is 17.4. The molecule has 3 nitrogen and oxygen atoms in total. The lowest BCUT2D eigenvalue weighted by atomic mass is 9.84. The molecule has 0 heterocycles. The summed E-state index contributed by atoms with van der Waals surface area (Å²) < 4.78 is 11.3. The van der Waals surface area contributed by atoms with Crippen molar-refractivity contribution in [2.45, 2.75) is 39.4 Å².